The number of rotatable bonds is 7. The molecule has 172 valence electrons. The number of hydrazone groups is 1. The third kappa shape index (κ3) is 5.68. The van der Waals surface area contributed by atoms with Crippen molar-refractivity contribution in [1.82, 2.24) is 10.4 Å². The second kappa shape index (κ2) is 10.7. The number of carbonyl (C=O) groups excluding carboxylic acids is 1. The van der Waals surface area contributed by atoms with E-state index in [9.17, 15) is 4.79 Å². The minimum absolute atomic E-state index is 0.0180. The molecule has 33 heavy (non-hydrogen) atoms. The van der Waals surface area contributed by atoms with Crippen LogP contribution in [-0.4, -0.2) is 24.2 Å². The van der Waals surface area contributed by atoms with E-state index in [1.54, 1.807) is 19.2 Å². The van der Waals surface area contributed by atoms with Crippen LogP contribution in [0.1, 0.15) is 32.7 Å². The Kier molecular flexibility index (Phi) is 8.02. The van der Waals surface area contributed by atoms with Crippen molar-refractivity contribution >= 4 is 52.6 Å². The largest absolute Gasteiger partial charge is 0.496 e. The van der Waals surface area contributed by atoms with Crippen molar-refractivity contribution in [2.45, 2.75) is 20.5 Å². The van der Waals surface area contributed by atoms with Crippen molar-refractivity contribution in [3.8, 4) is 11.5 Å². The number of nitrogens with two attached hydrogens (primary N) is 1. The number of methoxy groups -OCH3 is 1. The Bertz CT molecular complexity index is 1230. The lowest BCUT2D eigenvalue weighted by atomic mass is 10.1. The Balaban J connectivity index is 1.74. The minimum atomic E-state index is -0.687. The molecule has 3 N–H and O–H groups in total. The van der Waals surface area contributed by atoms with Gasteiger partial charge < -0.3 is 15.2 Å². The molecule has 0 bridgehead atoms. The Morgan fingerprint density at radius 3 is 2.64 bits per heavy atom. The molecule has 3 aromatic rings. The Labute approximate surface area is 206 Å². The van der Waals surface area contributed by atoms with Crippen LogP contribution in [0.25, 0.3) is 0 Å². The summed E-state index contributed by atoms with van der Waals surface area (Å²) in [4.78, 5) is 16.3. The summed E-state index contributed by atoms with van der Waals surface area (Å²) in [7, 11) is 1.59. The molecular formula is C23H21Cl3N4O3. The highest BCUT2D eigenvalue weighted by Crippen LogP contribution is 2.34. The molecule has 0 fully saturated rings. The molecule has 0 saturated heterocycles. The van der Waals surface area contributed by atoms with Crippen LogP contribution in [0.4, 0.5) is 5.69 Å². The first-order valence-corrected chi connectivity index (χ1v) is 10.9. The van der Waals surface area contributed by atoms with Crippen molar-refractivity contribution in [2.24, 2.45) is 5.10 Å². The van der Waals surface area contributed by atoms with Crippen molar-refractivity contribution in [3.05, 3.63) is 79.5 Å². The minimum Gasteiger partial charge on any atom is -0.496 e. The summed E-state index contributed by atoms with van der Waals surface area (Å²) in [5, 5.41) is 3.71. The molecule has 1 heterocycles. The van der Waals surface area contributed by atoms with Gasteiger partial charge in [0.05, 0.1) is 24.0 Å². The van der Waals surface area contributed by atoms with Gasteiger partial charge in [0.15, 0.2) is 10.8 Å². The predicted molar refractivity (Wildman–Crippen MR) is 132 cm³/mol. The van der Waals surface area contributed by atoms with E-state index in [0.29, 0.717) is 17.9 Å². The second-order valence-electron chi connectivity index (χ2n) is 7.05. The van der Waals surface area contributed by atoms with Gasteiger partial charge in [-0.1, -0.05) is 46.9 Å². The fourth-order valence-electron chi connectivity index (χ4n) is 2.93. The zero-order valence-corrected chi connectivity index (χ0v) is 20.3. The maximum Gasteiger partial charge on any atom is 0.291 e. The van der Waals surface area contributed by atoms with E-state index >= 15 is 0 Å². The predicted octanol–water partition coefficient (Wildman–Crippen LogP) is 5.59. The lowest BCUT2D eigenvalue weighted by Crippen LogP contribution is -2.20. The van der Waals surface area contributed by atoms with E-state index in [4.69, 9.17) is 50.0 Å². The van der Waals surface area contributed by atoms with Crippen LogP contribution in [0, 0.1) is 13.8 Å². The smallest absolute Gasteiger partial charge is 0.291 e. The fourth-order valence-corrected chi connectivity index (χ4v) is 3.52. The van der Waals surface area contributed by atoms with Crippen molar-refractivity contribution in [3.63, 3.8) is 0 Å². The number of ether oxygens (including phenoxy) is 2. The molecule has 0 radical (unpaired) electrons. The summed E-state index contributed by atoms with van der Waals surface area (Å²) in [5.74, 6) is 0.783. The van der Waals surface area contributed by atoms with Crippen LogP contribution in [0.15, 0.2) is 41.5 Å². The number of aromatic nitrogens is 1. The standard InChI is InChI=1S/C23H21Cl3N4O3/c1-12-5-4-6-16(13(12)2)33-11-15-9-14(7-8-17(15)32-3)10-28-30-23(31)21-18(24)20(27)19(25)22(26)29-21/h4-10H,11H2,1-3H3,(H2,27,29)(H,30,31). The topological polar surface area (TPSA) is 98.8 Å². The van der Waals surface area contributed by atoms with Crippen LogP contribution in [-0.2, 0) is 6.61 Å². The van der Waals surface area contributed by atoms with Crippen molar-refractivity contribution < 1.29 is 14.3 Å². The average Bonchev–Trinajstić information content (AvgIpc) is 2.81. The number of carbonyl (C=O) groups is 1. The summed E-state index contributed by atoms with van der Waals surface area (Å²) in [6.07, 6.45) is 1.47. The lowest BCUT2D eigenvalue weighted by molar-refractivity contribution is 0.0950. The molecule has 10 heteroatoms. The van der Waals surface area contributed by atoms with Gasteiger partial charge in [-0.3, -0.25) is 4.79 Å². The first-order chi connectivity index (χ1) is 15.7. The summed E-state index contributed by atoms with van der Waals surface area (Å²) >= 11 is 17.8. The Morgan fingerprint density at radius 1 is 1.15 bits per heavy atom. The second-order valence-corrected chi connectivity index (χ2v) is 8.16. The quantitative estimate of drug-likeness (QED) is 0.247. The van der Waals surface area contributed by atoms with Crippen molar-refractivity contribution in [1.29, 1.82) is 0 Å². The molecular weight excluding hydrogens is 487 g/mol. The highest BCUT2D eigenvalue weighted by Gasteiger charge is 2.19. The third-order valence-electron chi connectivity index (χ3n) is 4.91. The number of pyridine rings is 1. The van der Waals surface area contributed by atoms with Crippen LogP contribution in [0.3, 0.4) is 0 Å². The van der Waals surface area contributed by atoms with Gasteiger partial charge in [0.25, 0.3) is 5.91 Å². The van der Waals surface area contributed by atoms with Crippen LogP contribution in [0.2, 0.25) is 15.2 Å². The lowest BCUT2D eigenvalue weighted by Gasteiger charge is -2.13. The van der Waals surface area contributed by atoms with Gasteiger partial charge in [0.2, 0.25) is 0 Å². The number of nitrogens with one attached hydrogen (secondary N) is 1. The molecule has 2 aromatic carbocycles. The number of nitrogens with zero attached hydrogens (tertiary/aromatic N) is 2. The number of aryl methyl sites for hydroxylation is 1. The molecule has 0 unspecified atom stereocenters. The van der Waals surface area contributed by atoms with Gasteiger partial charge in [-0.2, -0.15) is 5.10 Å². The molecule has 0 spiro atoms. The van der Waals surface area contributed by atoms with Crippen LogP contribution in [0.5, 0.6) is 11.5 Å². The Morgan fingerprint density at radius 2 is 1.91 bits per heavy atom. The normalized spacial score (nSPS) is 11.0. The monoisotopic (exact) mass is 506 g/mol. The third-order valence-corrected chi connectivity index (χ3v) is 6.04. The molecule has 0 aliphatic heterocycles. The van der Waals surface area contributed by atoms with Gasteiger partial charge in [-0.05, 0) is 54.8 Å². The van der Waals surface area contributed by atoms with E-state index in [0.717, 1.165) is 22.4 Å². The van der Waals surface area contributed by atoms with Crippen molar-refractivity contribution in [2.75, 3.05) is 12.8 Å². The maximum atomic E-state index is 12.4. The molecule has 1 aromatic heterocycles. The number of benzene rings is 2. The van der Waals surface area contributed by atoms with Gasteiger partial charge >= 0.3 is 0 Å². The molecule has 0 saturated carbocycles. The molecule has 0 aliphatic rings. The summed E-state index contributed by atoms with van der Waals surface area (Å²) in [5.41, 5.74) is 11.6. The number of halogens is 3. The number of nitrogen functional groups attached to an aromatic ring is 1. The fraction of sp³-hybridized carbons (Fsp3) is 0.174. The summed E-state index contributed by atoms with van der Waals surface area (Å²) in [6, 6.07) is 11.3. The molecule has 0 atom stereocenters. The number of hydrogen-bond donors (Lipinski definition) is 2. The van der Waals surface area contributed by atoms with Gasteiger partial charge in [-0.15, -0.1) is 0 Å². The van der Waals surface area contributed by atoms with E-state index in [1.807, 2.05) is 38.1 Å². The van der Waals surface area contributed by atoms with Crippen LogP contribution < -0.4 is 20.6 Å². The molecule has 3 rings (SSSR count). The first-order valence-electron chi connectivity index (χ1n) is 9.72. The van der Waals surface area contributed by atoms with Gasteiger partial charge in [0, 0.05) is 5.56 Å². The van der Waals surface area contributed by atoms with Crippen LogP contribution >= 0.6 is 34.8 Å². The number of hydrogen-bond acceptors (Lipinski definition) is 6. The van der Waals surface area contributed by atoms with E-state index in [1.165, 1.54) is 6.21 Å². The number of anilines is 1. The van der Waals surface area contributed by atoms with E-state index < -0.39 is 5.91 Å². The summed E-state index contributed by atoms with van der Waals surface area (Å²) in [6.45, 7) is 4.34. The maximum absolute atomic E-state index is 12.4. The average molecular weight is 508 g/mol. The van der Waals surface area contributed by atoms with Gasteiger partial charge in [-0.25, -0.2) is 10.4 Å². The zero-order valence-electron chi connectivity index (χ0n) is 18.1. The molecule has 7 nitrogen and oxygen atoms in total. The Hall–Kier alpha value is -3.00. The number of amides is 1. The highest BCUT2D eigenvalue weighted by molar-refractivity contribution is 6.46. The zero-order chi connectivity index (χ0) is 24.1. The summed E-state index contributed by atoms with van der Waals surface area (Å²) < 4.78 is 11.4. The molecule has 0 aliphatic carbocycles. The van der Waals surface area contributed by atoms with E-state index in [2.05, 4.69) is 15.5 Å². The van der Waals surface area contributed by atoms with Gasteiger partial charge in [0.1, 0.15) is 23.1 Å². The SMILES string of the molecule is COc1ccc(C=NNC(=O)c2nc(Cl)c(Cl)c(N)c2Cl)cc1COc1cccc(C)c1C. The van der Waals surface area contributed by atoms with E-state index in [-0.39, 0.29) is 26.6 Å². The first kappa shape index (κ1) is 24.6. The highest BCUT2D eigenvalue weighted by atomic mass is 35.5. The molecule has 1 amide bonds.